The molecule has 3 aliphatic carbocycles. The lowest BCUT2D eigenvalue weighted by Gasteiger charge is -2.52. The third-order valence-electron chi connectivity index (χ3n) is 4.35. The summed E-state index contributed by atoms with van der Waals surface area (Å²) in [7, 11) is 0. The van der Waals surface area contributed by atoms with E-state index in [-0.39, 0.29) is 5.41 Å². The van der Waals surface area contributed by atoms with Gasteiger partial charge in [0.1, 0.15) is 0 Å². The minimum atomic E-state index is 0.153. The predicted octanol–water partition coefficient (Wildman–Crippen LogP) is 2.92. The molecule has 0 aromatic heterocycles. The van der Waals surface area contributed by atoms with Gasteiger partial charge in [-0.25, -0.2) is 0 Å². The second kappa shape index (κ2) is 3.54. The third-order valence-corrected chi connectivity index (χ3v) is 4.35. The second-order valence-corrected chi connectivity index (χ2v) is 5.05. The monoisotopic (exact) mass is 192 g/mol. The molecule has 3 aliphatic rings. The van der Waals surface area contributed by atoms with Gasteiger partial charge in [0.25, 0.3) is 0 Å². The highest BCUT2D eigenvalue weighted by Crippen LogP contribution is 2.56. The van der Waals surface area contributed by atoms with E-state index in [1.807, 2.05) is 6.08 Å². The summed E-state index contributed by atoms with van der Waals surface area (Å²) in [5.74, 6) is 1.38. The summed E-state index contributed by atoms with van der Waals surface area (Å²) >= 11 is 0. The standard InChI is InChI=1S/C13H20O/c1-3-4-12-7-11-5-6-13(12,9-14)8-10(11)2/h3,11-12,14H,1-2,4-9H2/t11-,12+,13?/m0/s1. The Morgan fingerprint density at radius 2 is 2.36 bits per heavy atom. The molecule has 0 spiro atoms. The van der Waals surface area contributed by atoms with Crippen LogP contribution in [0.1, 0.15) is 32.1 Å². The van der Waals surface area contributed by atoms with E-state index in [0.717, 1.165) is 18.8 Å². The summed E-state index contributed by atoms with van der Waals surface area (Å²) < 4.78 is 0. The molecule has 3 fully saturated rings. The third kappa shape index (κ3) is 1.35. The average Bonchev–Trinajstić information content (AvgIpc) is 2.20. The summed E-state index contributed by atoms with van der Waals surface area (Å²) in [6, 6.07) is 0. The van der Waals surface area contributed by atoms with Crippen molar-refractivity contribution in [2.45, 2.75) is 32.1 Å². The van der Waals surface area contributed by atoms with Gasteiger partial charge < -0.3 is 5.11 Å². The zero-order valence-electron chi connectivity index (χ0n) is 8.84. The molecule has 2 bridgehead atoms. The highest BCUT2D eigenvalue weighted by atomic mass is 16.3. The molecule has 0 aliphatic heterocycles. The predicted molar refractivity (Wildman–Crippen MR) is 58.9 cm³/mol. The zero-order chi connectivity index (χ0) is 10.2. The second-order valence-electron chi connectivity index (χ2n) is 5.05. The highest BCUT2D eigenvalue weighted by molar-refractivity contribution is 5.16. The molecule has 0 heterocycles. The van der Waals surface area contributed by atoms with Crippen molar-refractivity contribution in [2.75, 3.05) is 6.61 Å². The van der Waals surface area contributed by atoms with Gasteiger partial charge in [0, 0.05) is 12.0 Å². The van der Waals surface area contributed by atoms with E-state index in [9.17, 15) is 5.11 Å². The number of allylic oxidation sites excluding steroid dienone is 2. The Morgan fingerprint density at radius 3 is 2.93 bits per heavy atom. The van der Waals surface area contributed by atoms with Crippen molar-refractivity contribution in [2.24, 2.45) is 17.3 Å². The van der Waals surface area contributed by atoms with Crippen molar-refractivity contribution >= 4 is 0 Å². The van der Waals surface area contributed by atoms with Gasteiger partial charge in [-0.1, -0.05) is 18.2 Å². The number of hydrogen-bond acceptors (Lipinski definition) is 1. The number of hydrogen-bond donors (Lipinski definition) is 1. The van der Waals surface area contributed by atoms with Gasteiger partial charge in [-0.05, 0) is 43.9 Å². The van der Waals surface area contributed by atoms with Crippen molar-refractivity contribution in [1.82, 2.24) is 0 Å². The first-order valence-electron chi connectivity index (χ1n) is 5.61. The van der Waals surface area contributed by atoms with Crippen LogP contribution in [0.15, 0.2) is 24.8 Å². The Labute approximate surface area is 86.5 Å². The smallest absolute Gasteiger partial charge is 0.0493 e. The maximum atomic E-state index is 9.61. The van der Waals surface area contributed by atoms with Gasteiger partial charge in [-0.15, -0.1) is 6.58 Å². The first-order chi connectivity index (χ1) is 6.72. The molecule has 1 N–H and O–H groups in total. The van der Waals surface area contributed by atoms with E-state index < -0.39 is 0 Å². The molecular formula is C13H20O. The Morgan fingerprint density at radius 1 is 1.57 bits per heavy atom. The fourth-order valence-corrected chi connectivity index (χ4v) is 3.39. The fraction of sp³-hybridized carbons (Fsp3) is 0.692. The molecule has 1 heteroatoms. The van der Waals surface area contributed by atoms with Gasteiger partial charge >= 0.3 is 0 Å². The van der Waals surface area contributed by atoms with Crippen LogP contribution in [0, 0.1) is 17.3 Å². The molecule has 0 amide bonds. The molecule has 0 aromatic rings. The van der Waals surface area contributed by atoms with Gasteiger partial charge in [0.2, 0.25) is 0 Å². The van der Waals surface area contributed by atoms with Gasteiger partial charge in [-0.3, -0.25) is 0 Å². The van der Waals surface area contributed by atoms with E-state index in [1.165, 1.54) is 24.8 Å². The van der Waals surface area contributed by atoms with Crippen molar-refractivity contribution in [3.63, 3.8) is 0 Å². The van der Waals surface area contributed by atoms with E-state index >= 15 is 0 Å². The molecule has 1 nitrogen and oxygen atoms in total. The van der Waals surface area contributed by atoms with E-state index in [0.29, 0.717) is 12.5 Å². The Kier molecular flexibility index (Phi) is 2.52. The van der Waals surface area contributed by atoms with Crippen LogP contribution in [0.4, 0.5) is 0 Å². The van der Waals surface area contributed by atoms with Crippen molar-refractivity contribution < 1.29 is 5.11 Å². The van der Waals surface area contributed by atoms with Crippen LogP contribution in [0.2, 0.25) is 0 Å². The molecule has 78 valence electrons. The number of aliphatic hydroxyl groups is 1. The molecule has 0 radical (unpaired) electrons. The summed E-state index contributed by atoms with van der Waals surface area (Å²) in [6.45, 7) is 8.30. The Balaban J connectivity index is 2.21. The lowest BCUT2D eigenvalue weighted by molar-refractivity contribution is -0.0173. The maximum absolute atomic E-state index is 9.61. The van der Waals surface area contributed by atoms with Crippen molar-refractivity contribution in [3.8, 4) is 0 Å². The summed E-state index contributed by atoms with van der Waals surface area (Å²) in [5.41, 5.74) is 1.53. The molecule has 3 rings (SSSR count). The minimum Gasteiger partial charge on any atom is -0.396 e. The normalized spacial score (nSPS) is 41.4. The SMILES string of the molecule is C=CC[C@@H]1C[C@@H]2CCC1(CO)CC2=C. The zero-order valence-corrected chi connectivity index (χ0v) is 8.84. The summed E-state index contributed by atoms with van der Waals surface area (Å²) in [6.07, 6.45) is 7.77. The van der Waals surface area contributed by atoms with E-state index in [4.69, 9.17) is 0 Å². The molecule has 3 atom stereocenters. The number of aliphatic hydroxyl groups excluding tert-OH is 1. The molecule has 1 unspecified atom stereocenters. The van der Waals surface area contributed by atoms with E-state index in [2.05, 4.69) is 13.2 Å². The lowest BCUT2D eigenvalue weighted by atomic mass is 9.53. The largest absolute Gasteiger partial charge is 0.396 e. The van der Waals surface area contributed by atoms with Gasteiger partial charge in [0.15, 0.2) is 0 Å². The Hall–Kier alpha value is -0.560. The number of fused-ring (bicyclic) bond motifs is 3. The summed E-state index contributed by atoms with van der Waals surface area (Å²) in [4.78, 5) is 0. The summed E-state index contributed by atoms with van der Waals surface area (Å²) in [5, 5.41) is 9.61. The topological polar surface area (TPSA) is 20.2 Å². The van der Waals surface area contributed by atoms with Gasteiger partial charge in [0.05, 0.1) is 0 Å². The highest BCUT2D eigenvalue weighted by Gasteiger charge is 2.48. The average molecular weight is 192 g/mol. The number of rotatable bonds is 3. The van der Waals surface area contributed by atoms with Crippen LogP contribution in [0.25, 0.3) is 0 Å². The van der Waals surface area contributed by atoms with Gasteiger partial charge in [-0.2, -0.15) is 0 Å². The van der Waals surface area contributed by atoms with Crippen LogP contribution in [0.3, 0.4) is 0 Å². The first-order valence-corrected chi connectivity index (χ1v) is 5.61. The quantitative estimate of drug-likeness (QED) is 0.682. The van der Waals surface area contributed by atoms with Crippen molar-refractivity contribution in [3.05, 3.63) is 24.8 Å². The Bertz CT molecular complexity index is 256. The van der Waals surface area contributed by atoms with E-state index in [1.54, 1.807) is 0 Å². The van der Waals surface area contributed by atoms with Crippen LogP contribution >= 0.6 is 0 Å². The molecule has 0 saturated heterocycles. The maximum Gasteiger partial charge on any atom is 0.0493 e. The minimum absolute atomic E-state index is 0.153. The lowest BCUT2D eigenvalue weighted by Crippen LogP contribution is -2.45. The van der Waals surface area contributed by atoms with Crippen LogP contribution in [-0.4, -0.2) is 11.7 Å². The fourth-order valence-electron chi connectivity index (χ4n) is 3.39. The van der Waals surface area contributed by atoms with Crippen LogP contribution < -0.4 is 0 Å². The van der Waals surface area contributed by atoms with Crippen LogP contribution in [0.5, 0.6) is 0 Å². The van der Waals surface area contributed by atoms with Crippen molar-refractivity contribution in [1.29, 1.82) is 0 Å². The first kappa shape index (κ1) is 9.97. The molecule has 14 heavy (non-hydrogen) atoms. The van der Waals surface area contributed by atoms with Crippen LogP contribution in [-0.2, 0) is 0 Å². The molecule has 0 aromatic carbocycles. The molecular weight excluding hydrogens is 172 g/mol. The molecule has 3 saturated carbocycles.